The van der Waals surface area contributed by atoms with Gasteiger partial charge in [0.05, 0.1) is 11.1 Å². The maximum Gasteiger partial charge on any atom is 0.134 e. The summed E-state index contributed by atoms with van der Waals surface area (Å²) in [6.07, 6.45) is 3.15. The van der Waals surface area contributed by atoms with Crippen LogP contribution in [0.25, 0.3) is 10.4 Å². The molecule has 2 heterocycles. The molecule has 0 unspecified atom stereocenters. The van der Waals surface area contributed by atoms with Crippen molar-refractivity contribution < 1.29 is 5.11 Å². The van der Waals surface area contributed by atoms with Crippen molar-refractivity contribution in [2.45, 2.75) is 0 Å². The normalized spacial score (nSPS) is 10.2. The summed E-state index contributed by atoms with van der Waals surface area (Å²) >= 11 is 5.04. The third kappa shape index (κ3) is 1.73. The number of aromatic nitrogens is 1. The van der Waals surface area contributed by atoms with Crippen LogP contribution in [0, 0.1) is 0 Å². The number of rotatable bonds is 1. The zero-order valence-corrected chi connectivity index (χ0v) is 8.97. The Morgan fingerprint density at radius 3 is 2.85 bits per heavy atom. The highest BCUT2D eigenvalue weighted by atomic mass is 79.9. The number of aromatic hydroxyl groups is 1. The van der Waals surface area contributed by atoms with Gasteiger partial charge in [-0.05, 0) is 33.4 Å². The molecule has 0 aromatic carbocycles. The molecule has 0 amide bonds. The second-order valence-corrected chi connectivity index (χ2v) is 4.30. The highest BCUT2D eigenvalue weighted by Gasteiger charge is 2.04. The van der Waals surface area contributed by atoms with Gasteiger partial charge in [0.2, 0.25) is 0 Å². The summed E-state index contributed by atoms with van der Waals surface area (Å²) in [5, 5.41) is 11.2. The number of hydrogen-bond acceptors (Lipinski definition) is 3. The lowest BCUT2D eigenvalue weighted by Gasteiger charge is -1.98. The van der Waals surface area contributed by atoms with Gasteiger partial charge >= 0.3 is 0 Å². The fourth-order valence-corrected chi connectivity index (χ4v) is 2.64. The molecule has 0 saturated heterocycles. The van der Waals surface area contributed by atoms with Gasteiger partial charge in [0.15, 0.2) is 0 Å². The highest BCUT2D eigenvalue weighted by molar-refractivity contribution is 9.10. The van der Waals surface area contributed by atoms with Crippen LogP contribution >= 0.6 is 27.3 Å². The maximum atomic E-state index is 9.23. The topological polar surface area (TPSA) is 33.1 Å². The Morgan fingerprint density at radius 2 is 2.23 bits per heavy atom. The molecule has 0 spiro atoms. The van der Waals surface area contributed by atoms with Crippen molar-refractivity contribution in [3.63, 3.8) is 0 Å². The van der Waals surface area contributed by atoms with E-state index >= 15 is 0 Å². The van der Waals surface area contributed by atoms with Crippen molar-refractivity contribution in [1.82, 2.24) is 4.98 Å². The van der Waals surface area contributed by atoms with Crippen LogP contribution < -0.4 is 0 Å². The first-order valence-corrected chi connectivity index (χ1v) is 5.32. The molecule has 0 aliphatic rings. The van der Waals surface area contributed by atoms with Gasteiger partial charge < -0.3 is 5.11 Å². The molecular formula is C9H6BrNOS. The van der Waals surface area contributed by atoms with E-state index in [4.69, 9.17) is 0 Å². The average Bonchev–Trinajstić information content (AvgIpc) is 2.51. The molecule has 0 atom stereocenters. The summed E-state index contributed by atoms with van der Waals surface area (Å²) in [5.74, 6) is 0.192. The summed E-state index contributed by atoms with van der Waals surface area (Å²) in [6.45, 7) is 0. The molecule has 0 saturated carbocycles. The average molecular weight is 256 g/mol. The quantitative estimate of drug-likeness (QED) is 0.849. The molecule has 2 aromatic rings. The van der Waals surface area contributed by atoms with E-state index in [1.165, 1.54) is 6.20 Å². The Balaban J connectivity index is 2.53. The molecular weight excluding hydrogens is 250 g/mol. The minimum absolute atomic E-state index is 0.192. The number of nitrogens with zero attached hydrogens (tertiary/aromatic N) is 1. The summed E-state index contributed by atoms with van der Waals surface area (Å²) in [7, 11) is 0. The van der Waals surface area contributed by atoms with E-state index in [1.807, 2.05) is 11.4 Å². The molecule has 2 aromatic heterocycles. The monoisotopic (exact) mass is 255 g/mol. The second kappa shape index (κ2) is 3.47. The third-order valence-electron chi connectivity index (χ3n) is 1.60. The Kier molecular flexibility index (Phi) is 2.33. The number of pyridine rings is 1. The molecule has 0 aliphatic heterocycles. The van der Waals surface area contributed by atoms with Crippen LogP contribution in [-0.2, 0) is 0 Å². The Bertz CT molecular complexity index is 427. The predicted octanol–water partition coefficient (Wildman–Crippen LogP) is 3.28. The molecule has 0 aliphatic carbocycles. The van der Waals surface area contributed by atoms with Crippen LogP contribution in [-0.4, -0.2) is 10.1 Å². The van der Waals surface area contributed by atoms with Crippen molar-refractivity contribution in [2.75, 3.05) is 0 Å². The van der Waals surface area contributed by atoms with Crippen molar-refractivity contribution in [3.8, 4) is 16.2 Å². The largest absolute Gasteiger partial charge is 0.506 e. The van der Waals surface area contributed by atoms with Crippen molar-refractivity contribution in [1.29, 1.82) is 0 Å². The van der Waals surface area contributed by atoms with E-state index in [1.54, 1.807) is 23.6 Å². The minimum atomic E-state index is 0.192. The van der Waals surface area contributed by atoms with Gasteiger partial charge in [-0.1, -0.05) is 0 Å². The van der Waals surface area contributed by atoms with Gasteiger partial charge in [0.1, 0.15) is 5.75 Å². The van der Waals surface area contributed by atoms with Gasteiger partial charge in [0.25, 0.3) is 0 Å². The lowest BCUT2D eigenvalue weighted by Crippen LogP contribution is -1.76. The van der Waals surface area contributed by atoms with E-state index in [2.05, 4.69) is 20.9 Å². The van der Waals surface area contributed by atoms with Crippen LogP contribution in [0.2, 0.25) is 0 Å². The first-order chi connectivity index (χ1) is 6.27. The number of hydrogen-bond donors (Lipinski definition) is 1. The SMILES string of the molecule is Oc1cncc(-c2sccc2Br)c1. The highest BCUT2D eigenvalue weighted by Crippen LogP contribution is 2.33. The number of halogens is 1. The van der Waals surface area contributed by atoms with Crippen molar-refractivity contribution >= 4 is 27.3 Å². The summed E-state index contributed by atoms with van der Waals surface area (Å²) < 4.78 is 1.03. The third-order valence-corrected chi connectivity index (χ3v) is 3.49. The van der Waals surface area contributed by atoms with E-state index < -0.39 is 0 Å². The van der Waals surface area contributed by atoms with Crippen molar-refractivity contribution in [2.24, 2.45) is 0 Å². The smallest absolute Gasteiger partial charge is 0.134 e. The fourth-order valence-electron chi connectivity index (χ4n) is 1.05. The van der Waals surface area contributed by atoms with E-state index in [-0.39, 0.29) is 5.75 Å². The molecule has 0 fully saturated rings. The molecule has 13 heavy (non-hydrogen) atoms. The Labute approximate surface area is 88.0 Å². The van der Waals surface area contributed by atoms with Gasteiger partial charge in [-0.25, -0.2) is 0 Å². The van der Waals surface area contributed by atoms with Gasteiger partial charge in [-0.2, -0.15) is 0 Å². The van der Waals surface area contributed by atoms with Crippen LogP contribution in [0.5, 0.6) is 5.75 Å². The molecule has 2 rings (SSSR count). The van der Waals surface area contributed by atoms with Crippen LogP contribution in [0.15, 0.2) is 34.4 Å². The number of thiophene rings is 1. The standard InChI is InChI=1S/C9H6BrNOS/c10-8-1-2-13-9(8)6-3-7(12)5-11-4-6/h1-5,12H. The van der Waals surface area contributed by atoms with E-state index in [0.717, 1.165) is 14.9 Å². The molecule has 1 N–H and O–H groups in total. The van der Waals surface area contributed by atoms with E-state index in [9.17, 15) is 5.11 Å². The lowest BCUT2D eigenvalue weighted by atomic mass is 10.2. The predicted molar refractivity (Wildman–Crippen MR) is 56.9 cm³/mol. The fraction of sp³-hybridized carbons (Fsp3) is 0. The molecule has 2 nitrogen and oxygen atoms in total. The summed E-state index contributed by atoms with van der Waals surface area (Å²) in [5.41, 5.74) is 0.932. The first kappa shape index (κ1) is 8.72. The first-order valence-electron chi connectivity index (χ1n) is 3.65. The lowest BCUT2D eigenvalue weighted by molar-refractivity contribution is 0.473. The molecule has 66 valence electrons. The molecule has 4 heteroatoms. The Hall–Kier alpha value is -0.870. The zero-order chi connectivity index (χ0) is 9.26. The molecule has 0 bridgehead atoms. The van der Waals surface area contributed by atoms with E-state index in [0.29, 0.717) is 0 Å². The van der Waals surface area contributed by atoms with Gasteiger partial charge in [0, 0.05) is 16.2 Å². The minimum Gasteiger partial charge on any atom is -0.506 e. The second-order valence-electron chi connectivity index (χ2n) is 2.53. The molecule has 0 radical (unpaired) electrons. The van der Waals surface area contributed by atoms with Crippen LogP contribution in [0.1, 0.15) is 0 Å². The Morgan fingerprint density at radius 1 is 1.38 bits per heavy atom. The zero-order valence-electron chi connectivity index (χ0n) is 6.57. The van der Waals surface area contributed by atoms with Gasteiger partial charge in [-0.3, -0.25) is 4.98 Å². The van der Waals surface area contributed by atoms with Crippen LogP contribution in [0.4, 0.5) is 0 Å². The maximum absolute atomic E-state index is 9.23. The summed E-state index contributed by atoms with van der Waals surface area (Å²) in [4.78, 5) is 5.00. The van der Waals surface area contributed by atoms with Gasteiger partial charge in [-0.15, -0.1) is 11.3 Å². The summed E-state index contributed by atoms with van der Waals surface area (Å²) in [6, 6.07) is 3.67. The van der Waals surface area contributed by atoms with Crippen LogP contribution in [0.3, 0.4) is 0 Å². The van der Waals surface area contributed by atoms with Crippen molar-refractivity contribution in [3.05, 3.63) is 34.4 Å².